The zero-order valence-corrected chi connectivity index (χ0v) is 18.4. The summed E-state index contributed by atoms with van der Waals surface area (Å²) in [6.45, 7) is 0.0760. The summed E-state index contributed by atoms with van der Waals surface area (Å²) in [5, 5.41) is 3.83. The van der Waals surface area contributed by atoms with Gasteiger partial charge in [0, 0.05) is 41.1 Å². The molecule has 0 aliphatic heterocycles. The lowest BCUT2D eigenvalue weighted by atomic mass is 9.83. The second kappa shape index (κ2) is 8.99. The van der Waals surface area contributed by atoms with E-state index in [9.17, 15) is 14.4 Å². The fraction of sp³-hybridized carbons (Fsp3) is 0.120. The van der Waals surface area contributed by atoms with Crippen LogP contribution in [0.5, 0.6) is 0 Å². The lowest BCUT2D eigenvalue weighted by molar-refractivity contribution is 0.0498. The summed E-state index contributed by atoms with van der Waals surface area (Å²) < 4.78 is 10.5. The molecule has 2 aromatic heterocycles. The molecular weight excluding hydrogens is 458 g/mol. The van der Waals surface area contributed by atoms with Crippen LogP contribution < -0.4 is 0 Å². The van der Waals surface area contributed by atoms with Crippen molar-refractivity contribution in [2.24, 2.45) is 0 Å². The Kier molecular flexibility index (Phi) is 5.73. The summed E-state index contributed by atoms with van der Waals surface area (Å²) in [6.07, 6.45) is 4.13. The molecule has 2 heterocycles. The Morgan fingerprint density at radius 1 is 0.971 bits per heavy atom. The average Bonchev–Trinajstić information content (AvgIpc) is 3.34. The van der Waals surface area contributed by atoms with E-state index in [0.29, 0.717) is 30.1 Å². The van der Waals surface area contributed by atoms with Gasteiger partial charge in [-0.2, -0.15) is 4.98 Å². The monoisotopic (exact) mass is 473 g/mol. The number of fused-ring (bicyclic) bond motifs is 2. The summed E-state index contributed by atoms with van der Waals surface area (Å²) in [4.78, 5) is 46.7. The molecule has 0 N–H and O–H groups in total. The number of nitrogens with zero attached hydrogens (tertiary/aromatic N) is 3. The number of benzene rings is 2. The Morgan fingerprint density at radius 3 is 2.53 bits per heavy atom. The van der Waals surface area contributed by atoms with Gasteiger partial charge in [-0.05, 0) is 30.7 Å². The van der Waals surface area contributed by atoms with E-state index in [0.717, 1.165) is 5.56 Å². The van der Waals surface area contributed by atoms with Crippen LogP contribution in [0, 0.1) is 0 Å². The van der Waals surface area contributed by atoms with Crippen molar-refractivity contribution in [2.75, 3.05) is 6.61 Å². The molecule has 0 fully saturated rings. The SMILES string of the molecule is O=C(OCCCc1nc(-c2cccnc2)no1)c1ccc2c(c1Cl)C(=O)c1ccccc1C2=O. The molecule has 0 amide bonds. The molecule has 4 aromatic rings. The first-order valence-corrected chi connectivity index (χ1v) is 10.8. The maximum Gasteiger partial charge on any atom is 0.339 e. The number of ketones is 2. The van der Waals surface area contributed by atoms with E-state index in [1.165, 1.54) is 12.1 Å². The van der Waals surface area contributed by atoms with Crippen molar-refractivity contribution in [3.05, 3.63) is 99.7 Å². The first kappa shape index (κ1) is 21.7. The van der Waals surface area contributed by atoms with Gasteiger partial charge in [-0.3, -0.25) is 14.6 Å². The van der Waals surface area contributed by atoms with Crippen LogP contribution in [0.3, 0.4) is 0 Å². The molecule has 0 unspecified atom stereocenters. The lowest BCUT2D eigenvalue weighted by Gasteiger charge is -2.19. The third kappa shape index (κ3) is 3.88. The van der Waals surface area contributed by atoms with Crippen LogP contribution in [0.4, 0.5) is 0 Å². The van der Waals surface area contributed by atoms with Gasteiger partial charge in [0.25, 0.3) is 0 Å². The molecule has 0 bridgehead atoms. The summed E-state index contributed by atoms with van der Waals surface area (Å²) in [5.74, 6) is -0.553. The number of aromatic nitrogens is 3. The van der Waals surface area contributed by atoms with Crippen molar-refractivity contribution in [3.63, 3.8) is 0 Å². The van der Waals surface area contributed by atoms with Crippen molar-refractivity contribution < 1.29 is 23.6 Å². The maximum absolute atomic E-state index is 13.0. The highest BCUT2D eigenvalue weighted by Gasteiger charge is 2.33. The molecule has 0 radical (unpaired) electrons. The third-order valence-corrected chi connectivity index (χ3v) is 5.80. The Morgan fingerprint density at radius 2 is 1.76 bits per heavy atom. The quantitative estimate of drug-likeness (QED) is 0.264. The van der Waals surface area contributed by atoms with E-state index in [1.807, 2.05) is 6.07 Å². The van der Waals surface area contributed by atoms with Crippen molar-refractivity contribution in [3.8, 4) is 11.4 Å². The molecule has 0 saturated carbocycles. The second-order valence-electron chi connectivity index (χ2n) is 7.55. The fourth-order valence-electron chi connectivity index (χ4n) is 3.74. The summed E-state index contributed by atoms with van der Waals surface area (Å²) >= 11 is 6.41. The van der Waals surface area contributed by atoms with Crippen LogP contribution in [-0.2, 0) is 11.2 Å². The van der Waals surface area contributed by atoms with E-state index in [1.54, 1.807) is 42.7 Å². The number of esters is 1. The topological polar surface area (TPSA) is 112 Å². The number of carbonyl (C=O) groups excluding carboxylic acids is 3. The minimum atomic E-state index is -0.687. The molecule has 5 rings (SSSR count). The van der Waals surface area contributed by atoms with Gasteiger partial charge in [-0.25, -0.2) is 4.79 Å². The van der Waals surface area contributed by atoms with E-state index >= 15 is 0 Å². The van der Waals surface area contributed by atoms with Gasteiger partial charge in [-0.1, -0.05) is 41.0 Å². The summed E-state index contributed by atoms with van der Waals surface area (Å²) in [7, 11) is 0. The minimum absolute atomic E-state index is 0.0219. The smallest absolute Gasteiger partial charge is 0.339 e. The minimum Gasteiger partial charge on any atom is -0.462 e. The van der Waals surface area contributed by atoms with Gasteiger partial charge in [-0.15, -0.1) is 0 Å². The number of hydrogen-bond donors (Lipinski definition) is 0. The molecule has 8 nitrogen and oxygen atoms in total. The standard InChI is InChI=1S/C25H16ClN3O5/c26-21-18(10-9-17-20(21)23(31)16-7-2-1-6-15(16)22(17)30)25(32)33-12-4-8-19-28-24(29-34-19)14-5-3-11-27-13-14/h1-3,5-7,9-11,13H,4,8,12H2. The fourth-order valence-corrected chi connectivity index (χ4v) is 4.07. The van der Waals surface area contributed by atoms with E-state index in [4.69, 9.17) is 20.9 Å². The molecule has 2 aromatic carbocycles. The normalized spacial score (nSPS) is 12.3. The summed E-state index contributed by atoms with van der Waals surface area (Å²) in [6, 6.07) is 13.0. The summed E-state index contributed by atoms with van der Waals surface area (Å²) in [5.41, 5.74) is 1.54. The zero-order chi connectivity index (χ0) is 23.7. The number of halogens is 1. The number of pyridine rings is 1. The highest BCUT2D eigenvalue weighted by molar-refractivity contribution is 6.41. The van der Waals surface area contributed by atoms with Gasteiger partial charge in [0.1, 0.15) is 0 Å². The molecule has 1 aliphatic carbocycles. The number of aryl methyl sites for hydroxylation is 1. The predicted octanol–water partition coefficient (Wildman–Crippen LogP) is 4.35. The van der Waals surface area contributed by atoms with Crippen LogP contribution >= 0.6 is 11.6 Å². The van der Waals surface area contributed by atoms with Crippen LogP contribution in [-0.4, -0.2) is 39.3 Å². The van der Waals surface area contributed by atoms with Crippen molar-refractivity contribution >= 4 is 29.1 Å². The van der Waals surface area contributed by atoms with E-state index in [-0.39, 0.29) is 39.7 Å². The Balaban J connectivity index is 1.24. The first-order chi connectivity index (χ1) is 16.5. The van der Waals surface area contributed by atoms with Gasteiger partial charge in [0.05, 0.1) is 22.8 Å². The Labute approximate surface area is 198 Å². The number of ether oxygens (including phenoxy) is 1. The number of carbonyl (C=O) groups is 3. The average molecular weight is 474 g/mol. The maximum atomic E-state index is 13.0. The van der Waals surface area contributed by atoms with Crippen LogP contribution in [0.2, 0.25) is 5.02 Å². The van der Waals surface area contributed by atoms with Gasteiger partial charge in [0.15, 0.2) is 11.6 Å². The lowest BCUT2D eigenvalue weighted by Crippen LogP contribution is -2.22. The van der Waals surface area contributed by atoms with Crippen LogP contribution in [0.15, 0.2) is 65.4 Å². The van der Waals surface area contributed by atoms with Crippen LogP contribution in [0.1, 0.15) is 54.5 Å². The largest absolute Gasteiger partial charge is 0.462 e. The molecule has 34 heavy (non-hydrogen) atoms. The van der Waals surface area contributed by atoms with E-state index < -0.39 is 11.8 Å². The van der Waals surface area contributed by atoms with Gasteiger partial charge in [0.2, 0.25) is 11.7 Å². The molecule has 0 spiro atoms. The van der Waals surface area contributed by atoms with Crippen molar-refractivity contribution in [1.29, 1.82) is 0 Å². The van der Waals surface area contributed by atoms with Crippen LogP contribution in [0.25, 0.3) is 11.4 Å². The first-order valence-electron chi connectivity index (χ1n) is 10.5. The molecule has 168 valence electrons. The van der Waals surface area contributed by atoms with Crippen molar-refractivity contribution in [2.45, 2.75) is 12.8 Å². The molecule has 0 atom stereocenters. The number of rotatable bonds is 6. The number of hydrogen-bond acceptors (Lipinski definition) is 8. The zero-order valence-electron chi connectivity index (χ0n) is 17.7. The highest BCUT2D eigenvalue weighted by Crippen LogP contribution is 2.34. The third-order valence-electron chi connectivity index (χ3n) is 5.41. The Bertz CT molecular complexity index is 1430. The Hall–Kier alpha value is -4.17. The van der Waals surface area contributed by atoms with E-state index in [2.05, 4.69) is 15.1 Å². The van der Waals surface area contributed by atoms with Gasteiger partial charge < -0.3 is 9.26 Å². The highest BCUT2D eigenvalue weighted by atomic mass is 35.5. The molecule has 1 aliphatic rings. The molecule has 0 saturated heterocycles. The predicted molar refractivity (Wildman–Crippen MR) is 121 cm³/mol. The van der Waals surface area contributed by atoms with Crippen molar-refractivity contribution in [1.82, 2.24) is 15.1 Å². The molecule has 9 heteroatoms. The second-order valence-corrected chi connectivity index (χ2v) is 7.92. The molecular formula is C25H16ClN3O5. The van der Waals surface area contributed by atoms with Gasteiger partial charge >= 0.3 is 5.97 Å².